The van der Waals surface area contributed by atoms with Crippen molar-refractivity contribution in [1.82, 2.24) is 15.3 Å². The smallest absolute Gasteiger partial charge is 0.251 e. The van der Waals surface area contributed by atoms with Crippen molar-refractivity contribution in [2.45, 2.75) is 19.0 Å². The molecule has 0 aliphatic rings. The van der Waals surface area contributed by atoms with E-state index in [0.717, 1.165) is 16.7 Å². The van der Waals surface area contributed by atoms with Gasteiger partial charge in [0.1, 0.15) is 5.82 Å². The summed E-state index contributed by atoms with van der Waals surface area (Å²) in [4.78, 5) is 32.2. The van der Waals surface area contributed by atoms with Crippen molar-refractivity contribution >= 4 is 11.8 Å². The first-order valence-electron chi connectivity index (χ1n) is 10.6. The van der Waals surface area contributed by atoms with Crippen molar-refractivity contribution in [2.75, 3.05) is 0 Å². The maximum absolute atomic E-state index is 13.0. The molecule has 2 amide bonds. The van der Waals surface area contributed by atoms with Gasteiger partial charge in [-0.05, 0) is 41.8 Å². The average Bonchev–Trinajstić information content (AvgIpc) is 3.35. The Balaban J connectivity index is 1.59. The molecule has 1 atom stereocenters. The maximum Gasteiger partial charge on any atom is 0.251 e. The second kappa shape index (κ2) is 9.93. The zero-order valence-electron chi connectivity index (χ0n) is 18.0. The SMILES string of the molecule is NCc1ccc(C(=O)N[C@@H](Cc2ccccc2)c2nc(-c3ccc(C(N)=O)cc3)c[nH]2)cc1. The number of amides is 2. The van der Waals surface area contributed by atoms with Crippen LogP contribution in [0.15, 0.2) is 85.1 Å². The Hall–Kier alpha value is -4.23. The fourth-order valence-corrected chi connectivity index (χ4v) is 3.57. The number of nitrogens with two attached hydrogens (primary N) is 2. The van der Waals surface area contributed by atoms with E-state index in [1.165, 1.54) is 0 Å². The van der Waals surface area contributed by atoms with E-state index >= 15 is 0 Å². The predicted molar refractivity (Wildman–Crippen MR) is 127 cm³/mol. The molecule has 7 nitrogen and oxygen atoms in total. The molecule has 4 rings (SSSR count). The van der Waals surface area contributed by atoms with Crippen LogP contribution in [0.1, 0.15) is 43.7 Å². The second-order valence-electron chi connectivity index (χ2n) is 7.73. The summed E-state index contributed by atoms with van der Waals surface area (Å²) in [7, 11) is 0. The minimum absolute atomic E-state index is 0.191. The molecule has 0 aliphatic heterocycles. The highest BCUT2D eigenvalue weighted by molar-refractivity contribution is 5.94. The molecule has 6 N–H and O–H groups in total. The van der Waals surface area contributed by atoms with Crippen LogP contribution in [0.4, 0.5) is 0 Å². The number of nitrogens with one attached hydrogen (secondary N) is 2. The Bertz CT molecular complexity index is 1230. The van der Waals surface area contributed by atoms with E-state index < -0.39 is 5.91 Å². The van der Waals surface area contributed by atoms with Crippen LogP contribution in [0, 0.1) is 0 Å². The third kappa shape index (κ3) is 5.34. The third-order valence-corrected chi connectivity index (χ3v) is 5.43. The summed E-state index contributed by atoms with van der Waals surface area (Å²) in [6.07, 6.45) is 2.36. The predicted octanol–water partition coefficient (Wildman–Crippen LogP) is 3.35. The minimum atomic E-state index is -0.477. The van der Waals surface area contributed by atoms with E-state index in [1.807, 2.05) is 42.5 Å². The first kappa shape index (κ1) is 22.0. The first-order chi connectivity index (χ1) is 16.0. The van der Waals surface area contributed by atoms with Gasteiger partial charge in [0, 0.05) is 29.4 Å². The average molecular weight is 440 g/mol. The van der Waals surface area contributed by atoms with Crippen molar-refractivity contribution in [3.05, 3.63) is 113 Å². The summed E-state index contributed by atoms with van der Waals surface area (Å²) in [6, 6.07) is 23.7. The quantitative estimate of drug-likeness (QED) is 0.336. The van der Waals surface area contributed by atoms with Crippen molar-refractivity contribution in [3.8, 4) is 11.3 Å². The van der Waals surface area contributed by atoms with E-state index in [1.54, 1.807) is 42.6 Å². The number of benzene rings is 3. The number of primary amides is 1. The van der Waals surface area contributed by atoms with Gasteiger partial charge in [-0.2, -0.15) is 0 Å². The van der Waals surface area contributed by atoms with Crippen molar-refractivity contribution in [3.63, 3.8) is 0 Å². The molecular weight excluding hydrogens is 414 g/mol. The van der Waals surface area contributed by atoms with Crippen LogP contribution in [-0.2, 0) is 13.0 Å². The Labute approximate surface area is 191 Å². The van der Waals surface area contributed by atoms with Crippen LogP contribution in [0.25, 0.3) is 11.3 Å². The van der Waals surface area contributed by atoms with Gasteiger partial charge in [-0.1, -0.05) is 54.6 Å². The van der Waals surface area contributed by atoms with Crippen molar-refractivity contribution in [2.24, 2.45) is 11.5 Å². The van der Waals surface area contributed by atoms with Gasteiger partial charge < -0.3 is 21.8 Å². The molecule has 0 saturated carbocycles. The molecular formula is C26H25N5O2. The monoisotopic (exact) mass is 439 g/mol. The molecule has 0 radical (unpaired) electrons. The molecule has 0 spiro atoms. The molecule has 33 heavy (non-hydrogen) atoms. The summed E-state index contributed by atoms with van der Waals surface area (Å²) in [6.45, 7) is 0.425. The summed E-state index contributed by atoms with van der Waals surface area (Å²) in [5.74, 6) is -0.0302. The third-order valence-electron chi connectivity index (χ3n) is 5.43. The highest BCUT2D eigenvalue weighted by Gasteiger charge is 2.20. The van der Waals surface area contributed by atoms with Gasteiger partial charge in [-0.3, -0.25) is 9.59 Å². The van der Waals surface area contributed by atoms with E-state index in [2.05, 4.69) is 10.3 Å². The number of aromatic amines is 1. The molecule has 0 unspecified atom stereocenters. The van der Waals surface area contributed by atoms with E-state index in [9.17, 15) is 9.59 Å². The standard InChI is InChI=1S/C26H25N5O2/c27-15-18-6-8-21(9-7-18)26(33)31-22(14-17-4-2-1-3-5-17)25-29-16-23(30-25)19-10-12-20(13-11-19)24(28)32/h1-13,16,22H,14-15,27H2,(H2,28,32)(H,29,30)(H,31,33)/t22-/m0/s1. The summed E-state index contributed by atoms with van der Waals surface area (Å²) in [5.41, 5.74) is 15.6. The molecule has 1 heterocycles. The lowest BCUT2D eigenvalue weighted by atomic mass is 10.0. The van der Waals surface area contributed by atoms with Gasteiger partial charge in [-0.25, -0.2) is 4.98 Å². The fraction of sp³-hybridized carbons (Fsp3) is 0.115. The van der Waals surface area contributed by atoms with Crippen LogP contribution in [-0.4, -0.2) is 21.8 Å². The summed E-state index contributed by atoms with van der Waals surface area (Å²) >= 11 is 0. The molecule has 1 aromatic heterocycles. The molecule has 0 saturated heterocycles. The molecule has 0 bridgehead atoms. The summed E-state index contributed by atoms with van der Waals surface area (Å²) in [5, 5.41) is 3.10. The van der Waals surface area contributed by atoms with Gasteiger partial charge in [0.05, 0.1) is 11.7 Å². The molecule has 3 aromatic carbocycles. The minimum Gasteiger partial charge on any atom is -0.366 e. The number of nitrogens with zero attached hydrogens (tertiary/aromatic N) is 1. The van der Waals surface area contributed by atoms with E-state index in [0.29, 0.717) is 35.6 Å². The number of carbonyl (C=O) groups excluding carboxylic acids is 2. The number of imidazole rings is 1. The zero-order chi connectivity index (χ0) is 23.2. The Kier molecular flexibility index (Phi) is 6.61. The van der Waals surface area contributed by atoms with Gasteiger partial charge in [0.2, 0.25) is 5.91 Å². The largest absolute Gasteiger partial charge is 0.366 e. The second-order valence-corrected chi connectivity index (χ2v) is 7.73. The van der Waals surface area contributed by atoms with E-state index in [4.69, 9.17) is 16.5 Å². The normalized spacial score (nSPS) is 11.7. The molecule has 4 aromatic rings. The first-order valence-corrected chi connectivity index (χ1v) is 10.6. The highest BCUT2D eigenvalue weighted by atomic mass is 16.2. The number of carbonyl (C=O) groups is 2. The lowest BCUT2D eigenvalue weighted by Gasteiger charge is -2.17. The van der Waals surface area contributed by atoms with Crippen LogP contribution >= 0.6 is 0 Å². The number of hydrogen-bond donors (Lipinski definition) is 4. The Morgan fingerprint density at radius 1 is 0.879 bits per heavy atom. The Morgan fingerprint density at radius 3 is 2.18 bits per heavy atom. The maximum atomic E-state index is 13.0. The number of aromatic nitrogens is 2. The van der Waals surface area contributed by atoms with Gasteiger partial charge in [0.15, 0.2) is 0 Å². The van der Waals surface area contributed by atoms with Gasteiger partial charge >= 0.3 is 0 Å². The fourth-order valence-electron chi connectivity index (χ4n) is 3.57. The zero-order valence-corrected chi connectivity index (χ0v) is 18.0. The van der Waals surface area contributed by atoms with E-state index in [-0.39, 0.29) is 11.9 Å². The summed E-state index contributed by atoms with van der Waals surface area (Å²) < 4.78 is 0. The van der Waals surface area contributed by atoms with Crippen molar-refractivity contribution < 1.29 is 9.59 Å². The van der Waals surface area contributed by atoms with Crippen LogP contribution in [0.2, 0.25) is 0 Å². The Morgan fingerprint density at radius 2 is 1.55 bits per heavy atom. The van der Waals surface area contributed by atoms with Crippen LogP contribution in [0.5, 0.6) is 0 Å². The number of rotatable bonds is 8. The lowest BCUT2D eigenvalue weighted by Crippen LogP contribution is -2.30. The number of H-pyrrole nitrogens is 1. The number of hydrogen-bond acceptors (Lipinski definition) is 4. The van der Waals surface area contributed by atoms with Crippen molar-refractivity contribution in [1.29, 1.82) is 0 Å². The molecule has 7 heteroatoms. The molecule has 166 valence electrons. The lowest BCUT2D eigenvalue weighted by molar-refractivity contribution is 0.0934. The molecule has 0 aliphatic carbocycles. The highest BCUT2D eigenvalue weighted by Crippen LogP contribution is 2.22. The van der Waals surface area contributed by atoms with Crippen LogP contribution < -0.4 is 16.8 Å². The van der Waals surface area contributed by atoms with Crippen LogP contribution in [0.3, 0.4) is 0 Å². The van der Waals surface area contributed by atoms with Gasteiger partial charge in [-0.15, -0.1) is 0 Å². The molecule has 0 fully saturated rings. The topological polar surface area (TPSA) is 127 Å². The van der Waals surface area contributed by atoms with Gasteiger partial charge in [0.25, 0.3) is 5.91 Å².